The average Bonchev–Trinajstić information content (AvgIpc) is 2.79. The van der Waals surface area contributed by atoms with Crippen molar-refractivity contribution in [2.75, 3.05) is 13.1 Å². The first-order chi connectivity index (χ1) is 10.1. The summed E-state index contributed by atoms with van der Waals surface area (Å²) in [5.74, 6) is -0.957. The zero-order valence-electron chi connectivity index (χ0n) is 11.8. The molecule has 5 nitrogen and oxygen atoms in total. The molecule has 2 heterocycles. The lowest BCUT2D eigenvalue weighted by molar-refractivity contribution is -0.134. The third kappa shape index (κ3) is 2.14. The molecule has 3 rings (SSSR count). The van der Waals surface area contributed by atoms with Crippen LogP contribution >= 0.6 is 0 Å². The third-order valence-electron chi connectivity index (χ3n) is 3.94. The molecule has 0 saturated heterocycles. The van der Waals surface area contributed by atoms with Gasteiger partial charge in [-0.05, 0) is 25.5 Å². The van der Waals surface area contributed by atoms with E-state index in [9.17, 15) is 14.4 Å². The van der Waals surface area contributed by atoms with Crippen LogP contribution in [0.1, 0.15) is 34.1 Å². The molecule has 2 aliphatic rings. The first-order valence-corrected chi connectivity index (χ1v) is 7.02. The summed E-state index contributed by atoms with van der Waals surface area (Å²) in [4.78, 5) is 39.9. The van der Waals surface area contributed by atoms with Gasteiger partial charge in [-0.2, -0.15) is 0 Å². The molecule has 0 radical (unpaired) electrons. The van der Waals surface area contributed by atoms with Crippen molar-refractivity contribution in [2.45, 2.75) is 19.4 Å². The van der Waals surface area contributed by atoms with Crippen LogP contribution in [0, 0.1) is 0 Å². The number of imide groups is 1. The molecule has 108 valence electrons. The Labute approximate surface area is 122 Å². The molecule has 0 N–H and O–H groups in total. The summed E-state index contributed by atoms with van der Waals surface area (Å²) in [6.07, 6.45) is 4.76. The molecule has 1 atom stereocenters. The van der Waals surface area contributed by atoms with Crippen molar-refractivity contribution < 1.29 is 14.4 Å². The minimum Gasteiger partial charge on any atom is -0.337 e. The second kappa shape index (κ2) is 5.16. The Morgan fingerprint density at radius 3 is 2.24 bits per heavy atom. The molecule has 1 aromatic carbocycles. The van der Waals surface area contributed by atoms with E-state index >= 15 is 0 Å². The summed E-state index contributed by atoms with van der Waals surface area (Å²) in [5, 5.41) is 0. The van der Waals surface area contributed by atoms with Crippen LogP contribution in [-0.2, 0) is 4.79 Å². The van der Waals surface area contributed by atoms with Gasteiger partial charge in [0.2, 0.25) is 5.91 Å². The standard InChI is InChI=1S/C16H16N2O3/c1-11(14(19)17-9-5-2-6-10-17)18-15(20)12-7-3-4-8-13(12)16(18)21/h2-5,7-8,11H,6,9-10H2,1H3. The molecule has 5 heteroatoms. The smallest absolute Gasteiger partial charge is 0.262 e. The van der Waals surface area contributed by atoms with Crippen LogP contribution in [0.3, 0.4) is 0 Å². The second-order valence-corrected chi connectivity index (χ2v) is 5.25. The molecule has 3 amide bonds. The van der Waals surface area contributed by atoms with Crippen LogP contribution in [0.15, 0.2) is 36.4 Å². The van der Waals surface area contributed by atoms with E-state index in [2.05, 4.69) is 0 Å². The predicted octanol–water partition coefficient (Wildman–Crippen LogP) is 1.46. The van der Waals surface area contributed by atoms with Crippen molar-refractivity contribution in [3.63, 3.8) is 0 Å². The van der Waals surface area contributed by atoms with Crippen molar-refractivity contribution in [1.29, 1.82) is 0 Å². The molecule has 0 fully saturated rings. The first kappa shape index (κ1) is 13.5. The highest BCUT2D eigenvalue weighted by atomic mass is 16.2. The lowest BCUT2D eigenvalue weighted by atomic mass is 10.1. The van der Waals surface area contributed by atoms with Crippen LogP contribution in [-0.4, -0.2) is 46.7 Å². The van der Waals surface area contributed by atoms with Crippen LogP contribution in [0.25, 0.3) is 0 Å². The van der Waals surface area contributed by atoms with Crippen molar-refractivity contribution in [1.82, 2.24) is 9.80 Å². The highest BCUT2D eigenvalue weighted by Gasteiger charge is 2.41. The van der Waals surface area contributed by atoms with Crippen LogP contribution in [0.5, 0.6) is 0 Å². The van der Waals surface area contributed by atoms with E-state index in [1.54, 1.807) is 36.1 Å². The number of nitrogens with zero attached hydrogens (tertiary/aromatic N) is 2. The van der Waals surface area contributed by atoms with E-state index in [1.807, 2.05) is 12.2 Å². The zero-order valence-corrected chi connectivity index (χ0v) is 11.8. The van der Waals surface area contributed by atoms with E-state index in [-0.39, 0.29) is 17.7 Å². The number of hydrogen-bond acceptors (Lipinski definition) is 3. The summed E-state index contributed by atoms with van der Waals surface area (Å²) >= 11 is 0. The van der Waals surface area contributed by atoms with Crippen molar-refractivity contribution >= 4 is 17.7 Å². The number of carbonyl (C=O) groups excluding carboxylic acids is 3. The zero-order chi connectivity index (χ0) is 15.0. The molecule has 0 spiro atoms. The van der Waals surface area contributed by atoms with Crippen molar-refractivity contribution in [3.05, 3.63) is 47.5 Å². The van der Waals surface area contributed by atoms with Gasteiger partial charge in [0.25, 0.3) is 11.8 Å². The fraction of sp³-hybridized carbons (Fsp3) is 0.312. The van der Waals surface area contributed by atoms with E-state index < -0.39 is 6.04 Å². The average molecular weight is 284 g/mol. The predicted molar refractivity (Wildman–Crippen MR) is 76.7 cm³/mol. The largest absolute Gasteiger partial charge is 0.337 e. The number of amides is 3. The van der Waals surface area contributed by atoms with Crippen molar-refractivity contribution in [2.24, 2.45) is 0 Å². The Balaban J connectivity index is 1.84. The molecule has 0 bridgehead atoms. The summed E-state index contributed by atoms with van der Waals surface area (Å²) < 4.78 is 0. The summed E-state index contributed by atoms with van der Waals surface area (Å²) in [5.41, 5.74) is 0.751. The van der Waals surface area contributed by atoms with Crippen LogP contribution in [0.2, 0.25) is 0 Å². The molecule has 0 saturated carbocycles. The highest BCUT2D eigenvalue weighted by Crippen LogP contribution is 2.25. The topological polar surface area (TPSA) is 57.7 Å². The Kier molecular flexibility index (Phi) is 3.33. The lowest BCUT2D eigenvalue weighted by Crippen LogP contribution is -2.50. The number of carbonyl (C=O) groups is 3. The summed E-state index contributed by atoms with van der Waals surface area (Å²) in [6.45, 7) is 2.78. The van der Waals surface area contributed by atoms with Gasteiger partial charge in [-0.1, -0.05) is 24.3 Å². The van der Waals surface area contributed by atoms with Gasteiger partial charge in [-0.3, -0.25) is 19.3 Å². The Bertz CT molecular complexity index is 616. The fourth-order valence-corrected chi connectivity index (χ4v) is 2.78. The van der Waals surface area contributed by atoms with Gasteiger partial charge in [0.1, 0.15) is 6.04 Å². The SMILES string of the molecule is CC(C(=O)N1CC=CCC1)N1C(=O)c2ccccc2C1=O. The maximum Gasteiger partial charge on any atom is 0.262 e. The number of hydrogen-bond donors (Lipinski definition) is 0. The number of rotatable bonds is 2. The van der Waals surface area contributed by atoms with Crippen LogP contribution < -0.4 is 0 Å². The van der Waals surface area contributed by atoms with E-state index in [0.717, 1.165) is 11.3 Å². The number of benzene rings is 1. The Morgan fingerprint density at radius 1 is 1.10 bits per heavy atom. The maximum atomic E-state index is 12.5. The van der Waals surface area contributed by atoms with Gasteiger partial charge in [0.05, 0.1) is 11.1 Å². The first-order valence-electron chi connectivity index (χ1n) is 7.02. The van der Waals surface area contributed by atoms with E-state index in [4.69, 9.17) is 0 Å². The number of fused-ring (bicyclic) bond motifs is 1. The van der Waals surface area contributed by atoms with Gasteiger partial charge < -0.3 is 4.90 Å². The van der Waals surface area contributed by atoms with Gasteiger partial charge in [-0.25, -0.2) is 0 Å². The molecule has 0 aliphatic carbocycles. The van der Waals surface area contributed by atoms with Gasteiger partial charge >= 0.3 is 0 Å². The van der Waals surface area contributed by atoms with E-state index in [0.29, 0.717) is 24.2 Å². The molecule has 1 aromatic rings. The van der Waals surface area contributed by atoms with E-state index in [1.165, 1.54) is 0 Å². The van der Waals surface area contributed by atoms with Crippen LogP contribution in [0.4, 0.5) is 0 Å². The molecule has 0 aromatic heterocycles. The molecule has 2 aliphatic heterocycles. The third-order valence-corrected chi connectivity index (χ3v) is 3.94. The fourth-order valence-electron chi connectivity index (χ4n) is 2.78. The highest BCUT2D eigenvalue weighted by molar-refractivity contribution is 6.22. The van der Waals surface area contributed by atoms with Gasteiger partial charge in [0.15, 0.2) is 0 Å². The maximum absolute atomic E-state index is 12.5. The lowest BCUT2D eigenvalue weighted by Gasteiger charge is -2.30. The normalized spacial score (nSPS) is 18.9. The second-order valence-electron chi connectivity index (χ2n) is 5.25. The Morgan fingerprint density at radius 2 is 1.71 bits per heavy atom. The monoisotopic (exact) mass is 284 g/mol. The molecule has 21 heavy (non-hydrogen) atoms. The van der Waals surface area contributed by atoms with Gasteiger partial charge in [0, 0.05) is 13.1 Å². The minimum atomic E-state index is -0.774. The summed E-state index contributed by atoms with van der Waals surface area (Å²) in [7, 11) is 0. The molecular formula is C16H16N2O3. The Hall–Kier alpha value is -2.43. The quantitative estimate of drug-likeness (QED) is 0.610. The summed E-state index contributed by atoms with van der Waals surface area (Å²) in [6, 6.07) is 5.90. The minimum absolute atomic E-state index is 0.186. The van der Waals surface area contributed by atoms with Crippen molar-refractivity contribution in [3.8, 4) is 0 Å². The molecule has 1 unspecified atom stereocenters. The molecular weight excluding hydrogens is 268 g/mol. The van der Waals surface area contributed by atoms with Gasteiger partial charge in [-0.15, -0.1) is 0 Å².